The van der Waals surface area contributed by atoms with Gasteiger partial charge in [-0.05, 0) is 19.1 Å². The molecule has 0 spiro atoms. The number of oxime groups is 1. The maximum Gasteiger partial charge on any atom is 0.175 e. The van der Waals surface area contributed by atoms with E-state index >= 15 is 0 Å². The Balaban J connectivity index is 3.27. The molecular formula is C11H16FN3O2. The molecule has 0 saturated heterocycles. The van der Waals surface area contributed by atoms with Crippen molar-refractivity contribution in [1.29, 1.82) is 0 Å². The molecule has 1 rings (SSSR count). The summed E-state index contributed by atoms with van der Waals surface area (Å²) in [6, 6.07) is 4.44. The van der Waals surface area contributed by atoms with E-state index in [0.29, 0.717) is 18.8 Å². The van der Waals surface area contributed by atoms with E-state index < -0.39 is 5.82 Å². The summed E-state index contributed by atoms with van der Waals surface area (Å²) in [6.07, 6.45) is 0. The quantitative estimate of drug-likeness (QED) is 0.307. The molecule has 0 heterocycles. The van der Waals surface area contributed by atoms with E-state index in [9.17, 15) is 4.39 Å². The third-order valence-electron chi connectivity index (χ3n) is 2.45. The lowest BCUT2D eigenvalue weighted by Gasteiger charge is -2.24. The zero-order valence-electron chi connectivity index (χ0n) is 9.60. The van der Waals surface area contributed by atoms with Crippen LogP contribution in [0.1, 0.15) is 12.5 Å². The number of hydrogen-bond acceptors (Lipinski definition) is 4. The van der Waals surface area contributed by atoms with Gasteiger partial charge in [-0.1, -0.05) is 11.2 Å². The van der Waals surface area contributed by atoms with E-state index in [4.69, 9.17) is 16.0 Å². The molecule has 0 amide bonds. The highest BCUT2D eigenvalue weighted by molar-refractivity contribution is 6.02. The Kier molecular flexibility index (Phi) is 4.71. The van der Waals surface area contributed by atoms with Gasteiger partial charge >= 0.3 is 0 Å². The third-order valence-corrected chi connectivity index (χ3v) is 2.45. The first-order valence-electron chi connectivity index (χ1n) is 5.27. The summed E-state index contributed by atoms with van der Waals surface area (Å²) < 4.78 is 13.7. The highest BCUT2D eigenvalue weighted by Gasteiger charge is 2.16. The average Bonchev–Trinajstić information content (AvgIpc) is 2.34. The zero-order chi connectivity index (χ0) is 12.8. The fraction of sp³-hybridized carbons (Fsp3) is 0.364. The van der Waals surface area contributed by atoms with Gasteiger partial charge in [0.15, 0.2) is 5.84 Å². The van der Waals surface area contributed by atoms with Gasteiger partial charge in [0, 0.05) is 13.1 Å². The topological polar surface area (TPSA) is 82.1 Å². The first-order chi connectivity index (χ1) is 8.15. The second-order valence-corrected chi connectivity index (χ2v) is 3.42. The lowest BCUT2D eigenvalue weighted by molar-refractivity contribution is 0.302. The average molecular weight is 241 g/mol. The Morgan fingerprint density at radius 2 is 2.24 bits per heavy atom. The van der Waals surface area contributed by atoms with Gasteiger partial charge in [-0.15, -0.1) is 0 Å². The predicted octanol–water partition coefficient (Wildman–Crippen LogP) is 0.739. The lowest BCUT2D eigenvalue weighted by atomic mass is 10.1. The SMILES string of the molecule is CCN(CCO)c1cccc(F)c1C(N)=NO. The smallest absolute Gasteiger partial charge is 0.175 e. The standard InChI is InChI=1S/C11H16FN3O2/c1-2-15(6-7-16)9-5-3-4-8(12)10(9)11(13)14-17/h3-5,16-17H,2,6-7H2,1H3,(H2,13,14). The van der Waals surface area contributed by atoms with Crippen molar-refractivity contribution in [2.45, 2.75) is 6.92 Å². The van der Waals surface area contributed by atoms with Crippen molar-refractivity contribution < 1.29 is 14.7 Å². The maximum atomic E-state index is 13.7. The van der Waals surface area contributed by atoms with E-state index in [1.165, 1.54) is 6.07 Å². The van der Waals surface area contributed by atoms with Gasteiger partial charge in [0.2, 0.25) is 0 Å². The number of anilines is 1. The van der Waals surface area contributed by atoms with E-state index in [1.54, 1.807) is 17.0 Å². The Morgan fingerprint density at radius 3 is 2.76 bits per heavy atom. The summed E-state index contributed by atoms with van der Waals surface area (Å²) in [5, 5.41) is 20.4. The van der Waals surface area contributed by atoms with Gasteiger partial charge in [-0.2, -0.15) is 0 Å². The van der Waals surface area contributed by atoms with Gasteiger partial charge < -0.3 is 20.9 Å². The number of amidine groups is 1. The molecule has 6 heteroatoms. The Morgan fingerprint density at radius 1 is 1.53 bits per heavy atom. The number of nitrogens with two attached hydrogens (primary N) is 1. The molecule has 1 aromatic rings. The molecule has 0 radical (unpaired) electrons. The summed E-state index contributed by atoms with van der Waals surface area (Å²) in [5.41, 5.74) is 6.00. The Hall–Kier alpha value is -1.82. The van der Waals surface area contributed by atoms with Crippen molar-refractivity contribution in [2.75, 3.05) is 24.6 Å². The van der Waals surface area contributed by atoms with Crippen LogP contribution in [0, 0.1) is 5.82 Å². The van der Waals surface area contributed by atoms with E-state index in [0.717, 1.165) is 0 Å². The molecular weight excluding hydrogens is 225 g/mol. The van der Waals surface area contributed by atoms with Gasteiger partial charge in [-0.3, -0.25) is 0 Å². The minimum absolute atomic E-state index is 0.0466. The van der Waals surface area contributed by atoms with Crippen molar-refractivity contribution in [3.8, 4) is 0 Å². The first kappa shape index (κ1) is 13.2. The highest BCUT2D eigenvalue weighted by atomic mass is 19.1. The molecule has 0 aliphatic heterocycles. The monoisotopic (exact) mass is 241 g/mol. The van der Waals surface area contributed by atoms with Crippen LogP contribution in [-0.4, -0.2) is 35.8 Å². The highest BCUT2D eigenvalue weighted by Crippen LogP contribution is 2.22. The maximum absolute atomic E-state index is 13.7. The molecule has 94 valence electrons. The third kappa shape index (κ3) is 2.85. The summed E-state index contributed by atoms with van der Waals surface area (Å²) in [5.74, 6) is -0.844. The Bertz CT molecular complexity index is 410. The molecule has 0 aromatic heterocycles. The van der Waals surface area contributed by atoms with Gasteiger partial charge in [0.1, 0.15) is 5.82 Å². The fourth-order valence-corrected chi connectivity index (χ4v) is 1.65. The molecule has 5 nitrogen and oxygen atoms in total. The van der Waals surface area contributed by atoms with Crippen LogP contribution in [0.5, 0.6) is 0 Å². The van der Waals surface area contributed by atoms with Gasteiger partial charge in [0.05, 0.1) is 17.9 Å². The molecule has 0 fully saturated rings. The van der Waals surface area contributed by atoms with Gasteiger partial charge in [0.25, 0.3) is 0 Å². The molecule has 0 aliphatic carbocycles. The van der Waals surface area contributed by atoms with E-state index in [-0.39, 0.29) is 18.0 Å². The van der Waals surface area contributed by atoms with Crippen molar-refractivity contribution in [2.24, 2.45) is 10.9 Å². The Labute approximate surface area is 99.0 Å². The van der Waals surface area contributed by atoms with Crippen LogP contribution in [0.15, 0.2) is 23.4 Å². The van der Waals surface area contributed by atoms with Crippen LogP contribution in [0.3, 0.4) is 0 Å². The minimum Gasteiger partial charge on any atom is -0.409 e. The number of aliphatic hydroxyl groups is 1. The van der Waals surface area contributed by atoms with Crippen molar-refractivity contribution >= 4 is 11.5 Å². The number of likely N-dealkylation sites (N-methyl/N-ethyl adjacent to an activating group) is 1. The minimum atomic E-state index is -0.561. The summed E-state index contributed by atoms with van der Waals surface area (Å²) in [4.78, 5) is 1.75. The second-order valence-electron chi connectivity index (χ2n) is 3.42. The zero-order valence-corrected chi connectivity index (χ0v) is 9.60. The molecule has 0 aliphatic rings. The predicted molar refractivity (Wildman–Crippen MR) is 63.9 cm³/mol. The molecule has 0 unspecified atom stereocenters. The molecule has 0 bridgehead atoms. The van der Waals surface area contributed by atoms with Crippen LogP contribution < -0.4 is 10.6 Å². The number of rotatable bonds is 5. The molecule has 0 saturated carbocycles. The lowest BCUT2D eigenvalue weighted by Crippen LogP contribution is -2.29. The number of nitrogens with zero attached hydrogens (tertiary/aromatic N) is 2. The summed E-state index contributed by atoms with van der Waals surface area (Å²) >= 11 is 0. The van der Waals surface area contributed by atoms with E-state index in [2.05, 4.69) is 5.16 Å². The number of hydrogen-bond donors (Lipinski definition) is 3. The van der Waals surface area contributed by atoms with Crippen molar-refractivity contribution in [3.63, 3.8) is 0 Å². The molecule has 17 heavy (non-hydrogen) atoms. The van der Waals surface area contributed by atoms with E-state index in [1.807, 2.05) is 6.92 Å². The van der Waals surface area contributed by atoms with Crippen LogP contribution in [0.25, 0.3) is 0 Å². The molecule has 1 aromatic carbocycles. The van der Waals surface area contributed by atoms with Gasteiger partial charge in [-0.25, -0.2) is 4.39 Å². The normalized spacial score (nSPS) is 11.6. The van der Waals surface area contributed by atoms with Crippen LogP contribution >= 0.6 is 0 Å². The number of halogens is 1. The largest absolute Gasteiger partial charge is 0.409 e. The summed E-state index contributed by atoms with van der Waals surface area (Å²) in [7, 11) is 0. The number of benzene rings is 1. The van der Waals surface area contributed by atoms with Crippen LogP contribution in [-0.2, 0) is 0 Å². The number of aliphatic hydroxyl groups excluding tert-OH is 1. The van der Waals surface area contributed by atoms with Crippen molar-refractivity contribution in [3.05, 3.63) is 29.6 Å². The van der Waals surface area contributed by atoms with Crippen LogP contribution in [0.2, 0.25) is 0 Å². The van der Waals surface area contributed by atoms with Crippen molar-refractivity contribution in [1.82, 2.24) is 0 Å². The van der Waals surface area contributed by atoms with Crippen LogP contribution in [0.4, 0.5) is 10.1 Å². The fourth-order valence-electron chi connectivity index (χ4n) is 1.65. The molecule has 4 N–H and O–H groups in total. The second kappa shape index (κ2) is 6.05. The summed E-state index contributed by atoms with van der Waals surface area (Å²) in [6.45, 7) is 2.75. The first-order valence-corrected chi connectivity index (χ1v) is 5.27. The molecule has 0 atom stereocenters.